The fourth-order valence-electron chi connectivity index (χ4n) is 2.05. The van der Waals surface area contributed by atoms with Crippen LogP contribution in [0.2, 0.25) is 0 Å². The predicted octanol–water partition coefficient (Wildman–Crippen LogP) is 1.87. The van der Waals surface area contributed by atoms with Gasteiger partial charge in [-0.3, -0.25) is 4.79 Å². The molecule has 1 atom stereocenters. The number of hydrogen-bond acceptors (Lipinski definition) is 4. The van der Waals surface area contributed by atoms with Gasteiger partial charge in [0, 0.05) is 18.8 Å². The van der Waals surface area contributed by atoms with Crippen LogP contribution >= 0.6 is 0 Å². The van der Waals surface area contributed by atoms with E-state index in [2.05, 4.69) is 10.6 Å². The van der Waals surface area contributed by atoms with Crippen molar-refractivity contribution in [2.24, 2.45) is 5.92 Å². The molecule has 22 heavy (non-hydrogen) atoms. The summed E-state index contributed by atoms with van der Waals surface area (Å²) in [6.07, 6.45) is -0.678. The molecule has 0 aromatic heterocycles. The zero-order chi connectivity index (χ0) is 16.5. The Morgan fingerprint density at radius 1 is 1.23 bits per heavy atom. The van der Waals surface area contributed by atoms with Gasteiger partial charge in [0.1, 0.15) is 0 Å². The zero-order valence-corrected chi connectivity index (χ0v) is 14.0. The average Bonchev–Trinajstić information content (AvgIpc) is 2.44. The van der Waals surface area contributed by atoms with E-state index >= 15 is 0 Å². The number of aliphatic hydroxyl groups is 1. The predicted molar refractivity (Wildman–Crippen MR) is 89.1 cm³/mol. The standard InChI is InChI=1S/C17H28N2O3/c1-12(2)10-22-11-15(20)8-18-16(21)9-19-17-13(3)6-5-7-14(17)4/h5-7,12,15,19-20H,8-11H2,1-4H3,(H,18,21). The van der Waals surface area contributed by atoms with E-state index in [4.69, 9.17) is 4.74 Å². The lowest BCUT2D eigenvalue weighted by atomic mass is 10.1. The molecular weight excluding hydrogens is 280 g/mol. The SMILES string of the molecule is Cc1cccc(C)c1NCC(=O)NCC(O)COCC(C)C. The van der Waals surface area contributed by atoms with Crippen molar-refractivity contribution >= 4 is 11.6 Å². The van der Waals surface area contributed by atoms with Crippen LogP contribution in [0.5, 0.6) is 0 Å². The second kappa shape index (κ2) is 9.43. The largest absolute Gasteiger partial charge is 0.389 e. The first-order valence-corrected chi connectivity index (χ1v) is 7.72. The monoisotopic (exact) mass is 308 g/mol. The third-order valence-corrected chi connectivity index (χ3v) is 3.20. The van der Waals surface area contributed by atoms with Gasteiger partial charge in [0.25, 0.3) is 0 Å². The van der Waals surface area contributed by atoms with Gasteiger partial charge in [-0.2, -0.15) is 0 Å². The number of para-hydroxylation sites is 1. The maximum atomic E-state index is 11.8. The fourth-order valence-corrected chi connectivity index (χ4v) is 2.05. The molecule has 3 N–H and O–H groups in total. The van der Waals surface area contributed by atoms with Crippen LogP contribution in [-0.4, -0.2) is 43.4 Å². The highest BCUT2D eigenvalue weighted by Gasteiger charge is 2.09. The summed E-state index contributed by atoms with van der Waals surface area (Å²) in [6.45, 7) is 9.34. The number of anilines is 1. The van der Waals surface area contributed by atoms with Gasteiger partial charge in [0.2, 0.25) is 5.91 Å². The van der Waals surface area contributed by atoms with Gasteiger partial charge in [-0.15, -0.1) is 0 Å². The van der Waals surface area contributed by atoms with E-state index in [1.54, 1.807) is 0 Å². The van der Waals surface area contributed by atoms with Crippen molar-refractivity contribution in [3.63, 3.8) is 0 Å². The molecule has 0 saturated heterocycles. The number of nitrogens with one attached hydrogen (secondary N) is 2. The van der Waals surface area contributed by atoms with E-state index in [0.717, 1.165) is 16.8 Å². The molecule has 0 spiro atoms. The molecule has 1 unspecified atom stereocenters. The van der Waals surface area contributed by atoms with E-state index in [9.17, 15) is 9.90 Å². The van der Waals surface area contributed by atoms with Crippen LogP contribution in [0.25, 0.3) is 0 Å². The minimum Gasteiger partial charge on any atom is -0.389 e. The van der Waals surface area contributed by atoms with Crippen molar-refractivity contribution in [1.29, 1.82) is 0 Å². The molecule has 1 amide bonds. The maximum absolute atomic E-state index is 11.8. The molecule has 0 aliphatic heterocycles. The molecule has 1 aromatic rings. The molecule has 124 valence electrons. The van der Waals surface area contributed by atoms with Crippen LogP contribution < -0.4 is 10.6 Å². The molecule has 0 bridgehead atoms. The second-order valence-electron chi connectivity index (χ2n) is 6.01. The number of benzene rings is 1. The van der Waals surface area contributed by atoms with E-state index in [-0.39, 0.29) is 25.6 Å². The minimum absolute atomic E-state index is 0.148. The van der Waals surface area contributed by atoms with Crippen molar-refractivity contribution in [1.82, 2.24) is 5.32 Å². The van der Waals surface area contributed by atoms with Crippen LogP contribution in [0.4, 0.5) is 5.69 Å². The van der Waals surface area contributed by atoms with Crippen LogP contribution in [0.15, 0.2) is 18.2 Å². The summed E-state index contributed by atoms with van der Waals surface area (Å²) in [5, 5.41) is 15.6. The lowest BCUT2D eigenvalue weighted by Crippen LogP contribution is -2.37. The molecular formula is C17H28N2O3. The van der Waals surface area contributed by atoms with Crippen molar-refractivity contribution < 1.29 is 14.6 Å². The quantitative estimate of drug-likeness (QED) is 0.651. The number of ether oxygens (including phenoxy) is 1. The van der Waals surface area contributed by atoms with Gasteiger partial charge in [-0.05, 0) is 30.9 Å². The highest BCUT2D eigenvalue weighted by Crippen LogP contribution is 2.18. The summed E-state index contributed by atoms with van der Waals surface area (Å²) >= 11 is 0. The molecule has 0 aliphatic carbocycles. The van der Waals surface area contributed by atoms with E-state index in [1.165, 1.54) is 0 Å². The lowest BCUT2D eigenvalue weighted by Gasteiger charge is -2.15. The molecule has 1 rings (SSSR count). The highest BCUT2D eigenvalue weighted by atomic mass is 16.5. The molecule has 0 fully saturated rings. The van der Waals surface area contributed by atoms with Crippen LogP contribution in [-0.2, 0) is 9.53 Å². The van der Waals surface area contributed by atoms with Gasteiger partial charge in [-0.25, -0.2) is 0 Å². The summed E-state index contributed by atoms with van der Waals surface area (Å²) in [4.78, 5) is 11.8. The van der Waals surface area contributed by atoms with Gasteiger partial charge in [0.05, 0.1) is 19.3 Å². The van der Waals surface area contributed by atoms with Crippen molar-refractivity contribution in [2.45, 2.75) is 33.8 Å². The van der Waals surface area contributed by atoms with Gasteiger partial charge in [-0.1, -0.05) is 32.0 Å². The van der Waals surface area contributed by atoms with Crippen molar-refractivity contribution in [3.05, 3.63) is 29.3 Å². The Bertz CT molecular complexity index is 455. The maximum Gasteiger partial charge on any atom is 0.239 e. The molecule has 0 aliphatic rings. The van der Waals surface area contributed by atoms with Gasteiger partial charge >= 0.3 is 0 Å². The van der Waals surface area contributed by atoms with E-state index < -0.39 is 6.10 Å². The van der Waals surface area contributed by atoms with E-state index in [1.807, 2.05) is 45.9 Å². The molecule has 1 aromatic carbocycles. The van der Waals surface area contributed by atoms with Crippen molar-refractivity contribution in [3.8, 4) is 0 Å². The molecule has 5 nitrogen and oxygen atoms in total. The van der Waals surface area contributed by atoms with Gasteiger partial charge in [0.15, 0.2) is 0 Å². The Kier molecular flexibility index (Phi) is 7.91. The summed E-state index contributed by atoms with van der Waals surface area (Å²) in [7, 11) is 0. The molecule has 0 saturated carbocycles. The Hall–Kier alpha value is -1.59. The Morgan fingerprint density at radius 2 is 1.86 bits per heavy atom. The second-order valence-corrected chi connectivity index (χ2v) is 6.01. The summed E-state index contributed by atoms with van der Waals surface area (Å²) in [5.74, 6) is 0.286. The molecule has 5 heteroatoms. The third-order valence-electron chi connectivity index (χ3n) is 3.20. The minimum atomic E-state index is -0.678. The Balaban J connectivity index is 2.26. The Labute approximate surface area is 133 Å². The van der Waals surface area contributed by atoms with E-state index in [0.29, 0.717) is 12.5 Å². The Morgan fingerprint density at radius 3 is 2.45 bits per heavy atom. The van der Waals surface area contributed by atoms with Crippen molar-refractivity contribution in [2.75, 3.05) is 31.6 Å². The number of amides is 1. The lowest BCUT2D eigenvalue weighted by molar-refractivity contribution is -0.120. The van der Waals surface area contributed by atoms with Crippen LogP contribution in [0.3, 0.4) is 0 Å². The number of rotatable bonds is 9. The normalized spacial score (nSPS) is 12.3. The summed E-state index contributed by atoms with van der Waals surface area (Å²) in [5.41, 5.74) is 3.20. The molecule has 0 heterocycles. The number of hydrogen-bond donors (Lipinski definition) is 3. The number of aryl methyl sites for hydroxylation is 2. The van der Waals surface area contributed by atoms with Crippen LogP contribution in [0, 0.1) is 19.8 Å². The van der Waals surface area contributed by atoms with Crippen LogP contribution in [0.1, 0.15) is 25.0 Å². The number of carbonyl (C=O) groups is 1. The van der Waals surface area contributed by atoms with Gasteiger partial charge < -0.3 is 20.5 Å². The number of carbonyl (C=O) groups excluding carboxylic acids is 1. The number of aliphatic hydroxyl groups excluding tert-OH is 1. The third kappa shape index (κ3) is 6.91. The first-order valence-electron chi connectivity index (χ1n) is 7.72. The topological polar surface area (TPSA) is 70.6 Å². The first-order chi connectivity index (χ1) is 10.4. The molecule has 0 radical (unpaired) electrons. The zero-order valence-electron chi connectivity index (χ0n) is 14.0. The highest BCUT2D eigenvalue weighted by molar-refractivity contribution is 5.81. The summed E-state index contributed by atoms with van der Waals surface area (Å²) < 4.78 is 5.33. The summed E-state index contributed by atoms with van der Waals surface area (Å²) in [6, 6.07) is 6.00. The average molecular weight is 308 g/mol. The smallest absolute Gasteiger partial charge is 0.239 e. The fraction of sp³-hybridized carbons (Fsp3) is 0.588. The first kappa shape index (κ1) is 18.5.